The number of hydrogen-bond acceptors (Lipinski definition) is 4. The number of halogens is 1. The van der Waals surface area contributed by atoms with E-state index in [2.05, 4.69) is 5.32 Å². The molecule has 19 heavy (non-hydrogen) atoms. The second kappa shape index (κ2) is 7.74. The predicted octanol–water partition coefficient (Wildman–Crippen LogP) is 2.13. The van der Waals surface area contributed by atoms with E-state index in [0.717, 1.165) is 0 Å². The number of rotatable bonds is 7. The number of carbonyl (C=O) groups excluding carboxylic acids is 1. The van der Waals surface area contributed by atoms with Crippen molar-refractivity contribution in [1.82, 2.24) is 5.32 Å². The van der Waals surface area contributed by atoms with E-state index in [9.17, 15) is 9.18 Å². The van der Waals surface area contributed by atoms with Crippen molar-refractivity contribution in [2.75, 3.05) is 13.2 Å². The number of esters is 1. The third-order valence-corrected chi connectivity index (χ3v) is 2.32. The van der Waals surface area contributed by atoms with Crippen molar-refractivity contribution in [1.29, 1.82) is 0 Å². The van der Waals surface area contributed by atoms with Crippen molar-refractivity contribution in [2.45, 2.75) is 32.9 Å². The molecule has 0 aliphatic rings. The van der Waals surface area contributed by atoms with Crippen molar-refractivity contribution in [3.8, 4) is 5.75 Å². The molecule has 0 radical (unpaired) electrons. The highest BCUT2D eigenvalue weighted by Gasteiger charge is 2.21. The van der Waals surface area contributed by atoms with Gasteiger partial charge >= 0.3 is 5.97 Å². The Bertz CT molecular complexity index is 409. The third kappa shape index (κ3) is 5.70. The van der Waals surface area contributed by atoms with E-state index in [4.69, 9.17) is 9.47 Å². The van der Waals surface area contributed by atoms with Crippen LogP contribution in [0.3, 0.4) is 0 Å². The zero-order valence-electron chi connectivity index (χ0n) is 11.5. The molecule has 5 heteroatoms. The van der Waals surface area contributed by atoms with Gasteiger partial charge in [-0.05, 0) is 19.1 Å². The quantitative estimate of drug-likeness (QED) is 0.770. The minimum atomic E-state index is -0.566. The van der Waals surface area contributed by atoms with Crippen LogP contribution in [-0.4, -0.2) is 31.3 Å². The van der Waals surface area contributed by atoms with Crippen LogP contribution >= 0.6 is 0 Å². The molecule has 0 spiro atoms. The molecule has 0 saturated heterocycles. The maximum absolute atomic E-state index is 13.0. The monoisotopic (exact) mass is 269 g/mol. The third-order valence-electron chi connectivity index (χ3n) is 2.32. The van der Waals surface area contributed by atoms with Gasteiger partial charge in [-0.15, -0.1) is 0 Å². The second-order valence-corrected chi connectivity index (χ2v) is 4.39. The fraction of sp³-hybridized carbons (Fsp3) is 0.500. The average molecular weight is 269 g/mol. The average Bonchev–Trinajstić information content (AvgIpc) is 2.34. The van der Waals surface area contributed by atoms with Gasteiger partial charge in [0.25, 0.3) is 0 Å². The molecule has 0 saturated carbocycles. The molecule has 1 rings (SSSR count). The first-order chi connectivity index (χ1) is 9.02. The Kier molecular flexibility index (Phi) is 6.29. The van der Waals surface area contributed by atoms with Crippen molar-refractivity contribution in [3.05, 3.63) is 30.1 Å². The van der Waals surface area contributed by atoms with E-state index in [1.54, 1.807) is 19.1 Å². The summed E-state index contributed by atoms with van der Waals surface area (Å²) in [6, 6.07) is 5.36. The molecule has 1 aromatic rings. The summed E-state index contributed by atoms with van der Waals surface area (Å²) >= 11 is 0. The normalized spacial score (nSPS) is 12.3. The van der Waals surface area contributed by atoms with Gasteiger partial charge in [0.15, 0.2) is 0 Å². The highest BCUT2D eigenvalue weighted by atomic mass is 19.1. The van der Waals surface area contributed by atoms with Crippen LogP contribution in [0.2, 0.25) is 0 Å². The lowest BCUT2D eigenvalue weighted by Gasteiger charge is -2.20. The van der Waals surface area contributed by atoms with Crippen LogP contribution in [0.1, 0.15) is 20.8 Å². The molecule has 1 N–H and O–H groups in total. The van der Waals surface area contributed by atoms with Crippen LogP contribution < -0.4 is 10.1 Å². The van der Waals surface area contributed by atoms with E-state index < -0.39 is 6.04 Å². The number of benzene rings is 1. The standard InChI is InChI=1S/C14H20FNO3/c1-4-18-14(17)13(16-10(2)3)9-19-12-7-5-6-11(15)8-12/h5-8,10,13,16H,4,9H2,1-3H3. The van der Waals surface area contributed by atoms with Gasteiger partial charge in [-0.1, -0.05) is 19.9 Å². The minimum absolute atomic E-state index is 0.0977. The maximum atomic E-state index is 13.0. The molecule has 0 fully saturated rings. The summed E-state index contributed by atoms with van der Waals surface area (Å²) in [7, 11) is 0. The summed E-state index contributed by atoms with van der Waals surface area (Å²) in [5.41, 5.74) is 0. The Labute approximate surface area is 112 Å². The molecular weight excluding hydrogens is 249 g/mol. The van der Waals surface area contributed by atoms with Gasteiger partial charge in [-0.2, -0.15) is 0 Å². The number of hydrogen-bond donors (Lipinski definition) is 1. The molecule has 0 heterocycles. The van der Waals surface area contributed by atoms with Crippen molar-refractivity contribution in [2.24, 2.45) is 0 Å². The van der Waals surface area contributed by atoms with Gasteiger partial charge in [0, 0.05) is 12.1 Å². The SMILES string of the molecule is CCOC(=O)C(COc1cccc(F)c1)NC(C)C. The fourth-order valence-electron chi connectivity index (χ4n) is 1.57. The summed E-state index contributed by atoms with van der Waals surface area (Å²) < 4.78 is 23.4. The van der Waals surface area contributed by atoms with E-state index in [1.807, 2.05) is 13.8 Å². The maximum Gasteiger partial charge on any atom is 0.326 e. The molecule has 1 aromatic carbocycles. The van der Waals surface area contributed by atoms with Crippen molar-refractivity contribution < 1.29 is 18.7 Å². The highest BCUT2D eigenvalue weighted by molar-refractivity contribution is 5.76. The minimum Gasteiger partial charge on any atom is -0.491 e. The second-order valence-electron chi connectivity index (χ2n) is 4.39. The van der Waals surface area contributed by atoms with Gasteiger partial charge in [0.2, 0.25) is 0 Å². The van der Waals surface area contributed by atoms with Crippen molar-refractivity contribution in [3.63, 3.8) is 0 Å². The van der Waals surface area contributed by atoms with Crippen LogP contribution in [0.25, 0.3) is 0 Å². The highest BCUT2D eigenvalue weighted by Crippen LogP contribution is 2.12. The van der Waals surface area contributed by atoms with Crippen LogP contribution in [0.4, 0.5) is 4.39 Å². The zero-order chi connectivity index (χ0) is 14.3. The summed E-state index contributed by atoms with van der Waals surface area (Å²) in [6.45, 7) is 6.01. The van der Waals surface area contributed by atoms with Gasteiger partial charge in [-0.25, -0.2) is 4.39 Å². The Balaban J connectivity index is 2.59. The van der Waals surface area contributed by atoms with E-state index in [-0.39, 0.29) is 24.4 Å². The van der Waals surface area contributed by atoms with Gasteiger partial charge in [0.1, 0.15) is 24.2 Å². The van der Waals surface area contributed by atoms with Crippen molar-refractivity contribution >= 4 is 5.97 Å². The first-order valence-electron chi connectivity index (χ1n) is 6.34. The molecule has 4 nitrogen and oxygen atoms in total. The van der Waals surface area contributed by atoms with Crippen LogP contribution in [0, 0.1) is 5.82 Å². The van der Waals surface area contributed by atoms with Gasteiger partial charge < -0.3 is 9.47 Å². The van der Waals surface area contributed by atoms with E-state index in [1.165, 1.54) is 12.1 Å². The topological polar surface area (TPSA) is 47.6 Å². The largest absolute Gasteiger partial charge is 0.491 e. The van der Waals surface area contributed by atoms with Gasteiger partial charge in [0.05, 0.1) is 6.61 Å². The van der Waals surface area contributed by atoms with Crippen LogP contribution in [0.5, 0.6) is 5.75 Å². The summed E-state index contributed by atoms with van der Waals surface area (Å²) in [5.74, 6) is -0.352. The van der Waals surface area contributed by atoms with Gasteiger partial charge in [-0.3, -0.25) is 10.1 Å². The molecule has 0 aliphatic heterocycles. The Hall–Kier alpha value is -1.62. The first-order valence-corrected chi connectivity index (χ1v) is 6.34. The summed E-state index contributed by atoms with van der Waals surface area (Å²) in [4.78, 5) is 11.7. The summed E-state index contributed by atoms with van der Waals surface area (Å²) in [5, 5.41) is 3.06. The Morgan fingerprint density at radius 2 is 2.16 bits per heavy atom. The molecule has 0 aliphatic carbocycles. The van der Waals surface area contributed by atoms with E-state index in [0.29, 0.717) is 12.4 Å². The summed E-state index contributed by atoms with van der Waals surface area (Å²) in [6.07, 6.45) is 0. The molecule has 0 aromatic heterocycles. The lowest BCUT2D eigenvalue weighted by atomic mass is 10.2. The first kappa shape index (κ1) is 15.4. The van der Waals surface area contributed by atoms with E-state index >= 15 is 0 Å². The number of ether oxygens (including phenoxy) is 2. The molecule has 0 amide bonds. The molecule has 106 valence electrons. The van der Waals surface area contributed by atoms with Crippen LogP contribution in [-0.2, 0) is 9.53 Å². The zero-order valence-corrected chi connectivity index (χ0v) is 11.5. The number of nitrogens with one attached hydrogen (secondary N) is 1. The smallest absolute Gasteiger partial charge is 0.326 e. The molecule has 1 unspecified atom stereocenters. The Morgan fingerprint density at radius 3 is 2.74 bits per heavy atom. The molecular formula is C14H20FNO3. The molecule has 0 bridgehead atoms. The Morgan fingerprint density at radius 1 is 1.42 bits per heavy atom. The number of carbonyl (C=O) groups is 1. The lowest BCUT2D eigenvalue weighted by molar-refractivity contribution is -0.146. The molecule has 1 atom stereocenters. The van der Waals surface area contributed by atoms with Crippen LogP contribution in [0.15, 0.2) is 24.3 Å². The lowest BCUT2D eigenvalue weighted by Crippen LogP contribution is -2.45. The fourth-order valence-corrected chi connectivity index (χ4v) is 1.57. The predicted molar refractivity (Wildman–Crippen MR) is 70.6 cm³/mol.